The van der Waals surface area contributed by atoms with Crippen LogP contribution < -0.4 is 0 Å². The maximum absolute atomic E-state index is 10.7. The van der Waals surface area contributed by atoms with E-state index in [-0.39, 0.29) is 11.7 Å². The average molecular weight is 210 g/mol. The normalized spacial score (nSPS) is 10.4. The maximum atomic E-state index is 10.7. The Hall–Kier alpha value is -1.42. The Labute approximate surface area is 86.4 Å². The first-order valence-electron chi connectivity index (χ1n) is 3.92. The molecule has 0 spiro atoms. The summed E-state index contributed by atoms with van der Waals surface area (Å²) in [5, 5.41) is 10.6. The van der Waals surface area contributed by atoms with Crippen molar-refractivity contribution in [1.82, 2.24) is 0 Å². The Balaban J connectivity index is 2.49. The lowest BCUT2D eigenvalue weighted by Crippen LogP contribution is -1.92. The molecular weight excluding hydrogens is 200 g/mol. The highest BCUT2D eigenvalue weighted by molar-refractivity contribution is 8.02. The van der Waals surface area contributed by atoms with Crippen molar-refractivity contribution in [2.45, 2.75) is 4.90 Å². The number of carbonyl (C=O) groups is 1. The number of benzene rings is 1. The lowest BCUT2D eigenvalue weighted by atomic mass is 10.3. The number of carbonyl (C=O) groups excluding carboxylic acids is 1. The molecule has 0 saturated heterocycles. The van der Waals surface area contributed by atoms with Crippen molar-refractivity contribution in [3.8, 4) is 5.75 Å². The molecule has 1 aromatic rings. The van der Waals surface area contributed by atoms with E-state index in [1.165, 1.54) is 24.9 Å². The van der Waals surface area contributed by atoms with Gasteiger partial charge in [0.2, 0.25) is 0 Å². The molecular formula is C10H10O3S. The topological polar surface area (TPSA) is 46.5 Å². The maximum Gasteiger partial charge on any atom is 0.330 e. The van der Waals surface area contributed by atoms with Crippen molar-refractivity contribution in [3.05, 3.63) is 35.7 Å². The van der Waals surface area contributed by atoms with Crippen LogP contribution in [0.1, 0.15) is 0 Å². The predicted molar refractivity (Wildman–Crippen MR) is 55.1 cm³/mol. The minimum absolute atomic E-state index is 0.228. The molecule has 1 aromatic carbocycles. The fourth-order valence-corrected chi connectivity index (χ4v) is 1.39. The van der Waals surface area contributed by atoms with Crippen molar-refractivity contribution in [2.75, 3.05) is 7.11 Å². The van der Waals surface area contributed by atoms with Crippen LogP contribution >= 0.6 is 11.8 Å². The summed E-state index contributed by atoms with van der Waals surface area (Å²) < 4.78 is 4.43. The smallest absolute Gasteiger partial charge is 0.330 e. The molecule has 0 amide bonds. The van der Waals surface area contributed by atoms with Gasteiger partial charge < -0.3 is 9.84 Å². The molecule has 1 rings (SSSR count). The summed E-state index contributed by atoms with van der Waals surface area (Å²) in [5.41, 5.74) is 0. The fraction of sp³-hybridized carbons (Fsp3) is 0.100. The summed E-state index contributed by atoms with van der Waals surface area (Å²) >= 11 is 1.38. The van der Waals surface area contributed by atoms with Crippen LogP contribution in [0.5, 0.6) is 5.75 Å². The Morgan fingerprint density at radius 2 is 2.07 bits per heavy atom. The highest BCUT2D eigenvalue weighted by Crippen LogP contribution is 2.21. The standard InChI is InChI=1S/C10H10O3S/c1-13-10(12)6-7-14-9-4-2-8(11)3-5-9/h2-7,11H,1H3. The van der Waals surface area contributed by atoms with Gasteiger partial charge in [0.25, 0.3) is 0 Å². The molecule has 1 N–H and O–H groups in total. The summed E-state index contributed by atoms with van der Waals surface area (Å²) in [6.07, 6.45) is 1.34. The highest BCUT2D eigenvalue weighted by atomic mass is 32.2. The Morgan fingerprint density at radius 1 is 1.43 bits per heavy atom. The molecule has 0 bridgehead atoms. The van der Waals surface area contributed by atoms with E-state index in [0.29, 0.717) is 0 Å². The number of ether oxygens (including phenoxy) is 1. The summed E-state index contributed by atoms with van der Waals surface area (Å²) in [4.78, 5) is 11.6. The molecule has 3 nitrogen and oxygen atoms in total. The van der Waals surface area contributed by atoms with E-state index in [4.69, 9.17) is 5.11 Å². The zero-order valence-corrected chi connectivity index (χ0v) is 8.45. The number of thioether (sulfide) groups is 1. The van der Waals surface area contributed by atoms with E-state index in [1.54, 1.807) is 29.7 Å². The molecule has 0 saturated carbocycles. The van der Waals surface area contributed by atoms with E-state index < -0.39 is 0 Å². The van der Waals surface area contributed by atoms with Crippen LogP contribution in [0.15, 0.2) is 40.6 Å². The molecule has 74 valence electrons. The number of rotatable bonds is 3. The van der Waals surface area contributed by atoms with Gasteiger partial charge in [0.05, 0.1) is 7.11 Å². The molecule has 0 radical (unpaired) electrons. The highest BCUT2D eigenvalue weighted by Gasteiger charge is 1.93. The number of aromatic hydroxyl groups is 1. The van der Waals surface area contributed by atoms with Gasteiger partial charge in [-0.05, 0) is 29.7 Å². The molecule has 0 aliphatic heterocycles. The lowest BCUT2D eigenvalue weighted by Gasteiger charge is -1.95. The molecule has 0 fully saturated rings. The van der Waals surface area contributed by atoms with Gasteiger partial charge in [-0.15, -0.1) is 0 Å². The van der Waals surface area contributed by atoms with Crippen LogP contribution in [-0.2, 0) is 9.53 Å². The second-order valence-electron chi connectivity index (χ2n) is 2.44. The zero-order chi connectivity index (χ0) is 10.4. The van der Waals surface area contributed by atoms with Crippen LogP contribution in [0.25, 0.3) is 0 Å². The Morgan fingerprint density at radius 3 is 2.64 bits per heavy atom. The number of phenols is 1. The first-order valence-corrected chi connectivity index (χ1v) is 4.80. The summed E-state index contributed by atoms with van der Waals surface area (Å²) in [5.74, 6) is -0.150. The zero-order valence-electron chi connectivity index (χ0n) is 7.64. The second-order valence-corrected chi connectivity index (χ2v) is 3.42. The second kappa shape index (κ2) is 5.34. The minimum Gasteiger partial charge on any atom is -0.508 e. The Kier molecular flexibility index (Phi) is 4.07. The van der Waals surface area contributed by atoms with E-state index in [9.17, 15) is 4.79 Å². The molecule has 0 aromatic heterocycles. The molecule has 0 aliphatic carbocycles. The van der Waals surface area contributed by atoms with E-state index in [0.717, 1.165) is 4.90 Å². The third-order valence-electron chi connectivity index (χ3n) is 1.45. The SMILES string of the molecule is COC(=O)C=CSc1ccc(O)cc1. The van der Waals surface area contributed by atoms with Crippen LogP contribution in [-0.4, -0.2) is 18.2 Å². The monoisotopic (exact) mass is 210 g/mol. The van der Waals surface area contributed by atoms with Gasteiger partial charge >= 0.3 is 5.97 Å². The predicted octanol–water partition coefficient (Wildman–Crippen LogP) is 2.17. The number of methoxy groups -OCH3 is 1. The first-order chi connectivity index (χ1) is 6.72. The third-order valence-corrected chi connectivity index (χ3v) is 2.26. The summed E-state index contributed by atoms with van der Waals surface area (Å²) in [6, 6.07) is 6.71. The number of hydrogen-bond donors (Lipinski definition) is 1. The minimum atomic E-state index is -0.378. The third kappa shape index (κ3) is 3.53. The molecule has 0 aliphatic rings. The first kappa shape index (κ1) is 10.7. The van der Waals surface area contributed by atoms with Crippen LogP contribution in [0, 0.1) is 0 Å². The van der Waals surface area contributed by atoms with E-state index in [1.807, 2.05) is 0 Å². The van der Waals surface area contributed by atoms with Gasteiger partial charge in [0.15, 0.2) is 0 Å². The number of esters is 1. The molecule has 4 heteroatoms. The molecule has 0 atom stereocenters. The van der Waals surface area contributed by atoms with Gasteiger partial charge in [-0.2, -0.15) is 0 Å². The van der Waals surface area contributed by atoms with E-state index >= 15 is 0 Å². The van der Waals surface area contributed by atoms with Gasteiger partial charge in [0.1, 0.15) is 5.75 Å². The fourth-order valence-electron chi connectivity index (χ4n) is 0.761. The van der Waals surface area contributed by atoms with Crippen molar-refractivity contribution >= 4 is 17.7 Å². The van der Waals surface area contributed by atoms with Crippen molar-refractivity contribution in [1.29, 1.82) is 0 Å². The molecule has 14 heavy (non-hydrogen) atoms. The van der Waals surface area contributed by atoms with Crippen LogP contribution in [0.2, 0.25) is 0 Å². The lowest BCUT2D eigenvalue weighted by molar-refractivity contribution is -0.134. The van der Waals surface area contributed by atoms with Gasteiger partial charge in [-0.1, -0.05) is 11.8 Å². The average Bonchev–Trinajstić information content (AvgIpc) is 2.21. The Bertz CT molecular complexity index is 330. The van der Waals surface area contributed by atoms with Crippen molar-refractivity contribution in [3.63, 3.8) is 0 Å². The number of phenolic OH excluding ortho intramolecular Hbond substituents is 1. The van der Waals surface area contributed by atoms with Gasteiger partial charge in [-0.25, -0.2) is 4.79 Å². The molecule has 0 heterocycles. The van der Waals surface area contributed by atoms with Crippen molar-refractivity contribution < 1.29 is 14.6 Å². The van der Waals surface area contributed by atoms with Gasteiger partial charge in [0, 0.05) is 11.0 Å². The quantitative estimate of drug-likeness (QED) is 0.472. The molecule has 0 unspecified atom stereocenters. The largest absolute Gasteiger partial charge is 0.508 e. The summed E-state index contributed by atoms with van der Waals surface area (Å²) in [6.45, 7) is 0. The van der Waals surface area contributed by atoms with Crippen LogP contribution in [0.4, 0.5) is 0 Å². The van der Waals surface area contributed by atoms with Gasteiger partial charge in [-0.3, -0.25) is 0 Å². The van der Waals surface area contributed by atoms with Crippen molar-refractivity contribution in [2.24, 2.45) is 0 Å². The van der Waals surface area contributed by atoms with E-state index in [2.05, 4.69) is 4.74 Å². The summed E-state index contributed by atoms with van der Waals surface area (Å²) in [7, 11) is 1.33. The number of hydrogen-bond acceptors (Lipinski definition) is 4. The van der Waals surface area contributed by atoms with Crippen LogP contribution in [0.3, 0.4) is 0 Å².